The van der Waals surface area contributed by atoms with Crippen LogP contribution >= 0.6 is 11.6 Å². The average molecular weight is 552 g/mol. The summed E-state index contributed by atoms with van der Waals surface area (Å²) in [7, 11) is -3.84. The molecule has 0 fully saturated rings. The zero-order valence-electron chi connectivity index (χ0n) is 21.6. The molecule has 1 aliphatic heterocycles. The van der Waals surface area contributed by atoms with Crippen molar-refractivity contribution >= 4 is 39.1 Å². The van der Waals surface area contributed by atoms with E-state index in [1.165, 1.54) is 11.8 Å². The van der Waals surface area contributed by atoms with Crippen LogP contribution in [-0.2, 0) is 26.2 Å². The fourth-order valence-corrected chi connectivity index (χ4v) is 5.09. The first-order chi connectivity index (χ1) is 17.6. The molecule has 0 bridgehead atoms. The van der Waals surface area contributed by atoms with E-state index in [4.69, 9.17) is 21.1 Å². The molecule has 2 aromatic rings. The zero-order valence-corrected chi connectivity index (χ0v) is 23.1. The molecule has 2 amide bonds. The van der Waals surface area contributed by atoms with Crippen molar-refractivity contribution in [3.05, 3.63) is 53.1 Å². The summed E-state index contributed by atoms with van der Waals surface area (Å²) in [5.41, 5.74) is 1.04. The normalized spacial score (nSPS) is 14.1. The van der Waals surface area contributed by atoms with E-state index in [1.54, 1.807) is 42.5 Å². The average Bonchev–Trinajstić information content (AvgIpc) is 3.36. The number of nitrogens with zero attached hydrogens (tertiary/aromatic N) is 2. The lowest BCUT2D eigenvalue weighted by Gasteiger charge is -2.33. The highest BCUT2D eigenvalue weighted by Gasteiger charge is 2.33. The maximum atomic E-state index is 13.8. The third-order valence-corrected chi connectivity index (χ3v) is 8.27. The van der Waals surface area contributed by atoms with Crippen LogP contribution in [0.5, 0.6) is 11.5 Å². The van der Waals surface area contributed by atoms with E-state index in [0.29, 0.717) is 22.9 Å². The smallest absolute Gasteiger partial charge is 0.244 e. The second kappa shape index (κ2) is 12.5. The zero-order chi connectivity index (χ0) is 27.2. The molecule has 202 valence electrons. The summed E-state index contributed by atoms with van der Waals surface area (Å²) < 4.78 is 38.0. The summed E-state index contributed by atoms with van der Waals surface area (Å²) >= 11 is 6.03. The number of rotatable bonds is 12. The van der Waals surface area contributed by atoms with Crippen molar-refractivity contribution in [1.29, 1.82) is 0 Å². The second-order valence-corrected chi connectivity index (χ2v) is 11.5. The molecule has 1 N–H and O–H groups in total. The lowest BCUT2D eigenvalue weighted by atomic mass is 10.1. The monoisotopic (exact) mass is 551 g/mol. The number of ether oxygens (including phenoxy) is 2. The first-order valence-electron chi connectivity index (χ1n) is 12.3. The van der Waals surface area contributed by atoms with Gasteiger partial charge in [-0.15, -0.1) is 0 Å². The maximum Gasteiger partial charge on any atom is 0.244 e. The van der Waals surface area contributed by atoms with Crippen LogP contribution in [-0.4, -0.2) is 56.3 Å². The minimum atomic E-state index is -3.84. The number of carbonyl (C=O) groups is 2. The molecule has 11 heteroatoms. The van der Waals surface area contributed by atoms with Crippen LogP contribution in [0.25, 0.3) is 0 Å². The second-order valence-electron chi connectivity index (χ2n) is 8.83. The lowest BCUT2D eigenvalue weighted by Crippen LogP contribution is -2.53. The standard InChI is InChI=1S/C26H34ClN3O6S/c1-5-18(4)28-26(32)22(6-2)29(15-19-8-10-20(27)11-9-19)25(31)16-30(37(33,34)7-3)21-12-13-23-24(14-21)36-17-35-23/h8-14,18,22H,5-7,15-17H2,1-4H3,(H,28,32)/t18-,22+/m0/s1. The van der Waals surface area contributed by atoms with Crippen LogP contribution in [0, 0.1) is 0 Å². The van der Waals surface area contributed by atoms with Gasteiger partial charge < -0.3 is 19.7 Å². The SMILES string of the molecule is CC[C@H](C(=O)N[C@@H](C)CC)N(Cc1ccc(Cl)cc1)C(=O)CN(c1ccc2c(c1)OCO2)S(=O)(=O)CC. The highest BCUT2D eigenvalue weighted by molar-refractivity contribution is 7.92. The number of sulfonamides is 1. The summed E-state index contributed by atoms with van der Waals surface area (Å²) in [6, 6.07) is 10.8. The predicted molar refractivity (Wildman–Crippen MR) is 143 cm³/mol. The van der Waals surface area contributed by atoms with Gasteiger partial charge in [-0.1, -0.05) is 37.6 Å². The quantitative estimate of drug-likeness (QED) is 0.428. The molecule has 0 unspecified atom stereocenters. The first kappa shape index (κ1) is 28.6. The summed E-state index contributed by atoms with van der Waals surface area (Å²) in [5, 5.41) is 3.50. The Balaban J connectivity index is 1.96. The Kier molecular flexibility index (Phi) is 9.67. The minimum absolute atomic E-state index is 0.0383. The molecule has 1 heterocycles. The molecule has 0 aliphatic carbocycles. The number of fused-ring (bicyclic) bond motifs is 1. The fourth-order valence-electron chi connectivity index (χ4n) is 3.91. The van der Waals surface area contributed by atoms with Gasteiger partial charge in [0, 0.05) is 23.7 Å². The molecule has 9 nitrogen and oxygen atoms in total. The highest BCUT2D eigenvalue weighted by atomic mass is 35.5. The number of amides is 2. The molecule has 2 atom stereocenters. The largest absolute Gasteiger partial charge is 0.454 e. The first-order valence-corrected chi connectivity index (χ1v) is 14.3. The van der Waals surface area contributed by atoms with Crippen molar-refractivity contribution in [3.8, 4) is 11.5 Å². The van der Waals surface area contributed by atoms with E-state index in [1.807, 2.05) is 20.8 Å². The predicted octanol–water partition coefficient (Wildman–Crippen LogP) is 3.95. The van der Waals surface area contributed by atoms with Crippen molar-refractivity contribution in [2.45, 2.75) is 59.2 Å². The van der Waals surface area contributed by atoms with Crippen molar-refractivity contribution in [2.24, 2.45) is 0 Å². The molecule has 0 saturated carbocycles. The van der Waals surface area contributed by atoms with Gasteiger partial charge in [-0.05, 0) is 56.5 Å². The molecule has 1 aliphatic rings. The van der Waals surface area contributed by atoms with Crippen LogP contribution in [0.3, 0.4) is 0 Å². The number of benzene rings is 2. The lowest BCUT2D eigenvalue weighted by molar-refractivity contribution is -0.140. The van der Waals surface area contributed by atoms with Crippen LogP contribution in [0.15, 0.2) is 42.5 Å². The van der Waals surface area contributed by atoms with E-state index >= 15 is 0 Å². The molecule has 0 saturated heterocycles. The number of hydrogen-bond donors (Lipinski definition) is 1. The Hall–Kier alpha value is -2.98. The van der Waals surface area contributed by atoms with Gasteiger partial charge in [0.15, 0.2) is 11.5 Å². The van der Waals surface area contributed by atoms with Gasteiger partial charge in [0.2, 0.25) is 28.6 Å². The Morgan fingerprint density at radius 2 is 1.70 bits per heavy atom. The Bertz CT molecular complexity index is 1210. The molecular weight excluding hydrogens is 518 g/mol. The Morgan fingerprint density at radius 1 is 1.03 bits per heavy atom. The summed E-state index contributed by atoms with van der Waals surface area (Å²) in [6.07, 6.45) is 1.09. The highest BCUT2D eigenvalue weighted by Crippen LogP contribution is 2.36. The number of hydrogen-bond acceptors (Lipinski definition) is 6. The fraction of sp³-hybridized carbons (Fsp3) is 0.462. The number of nitrogens with one attached hydrogen (secondary N) is 1. The minimum Gasteiger partial charge on any atom is -0.454 e. The van der Waals surface area contributed by atoms with Crippen LogP contribution < -0.4 is 19.1 Å². The molecule has 0 aromatic heterocycles. The maximum absolute atomic E-state index is 13.8. The topological polar surface area (TPSA) is 105 Å². The number of anilines is 1. The molecule has 0 spiro atoms. The molecule has 37 heavy (non-hydrogen) atoms. The van der Waals surface area contributed by atoms with E-state index in [9.17, 15) is 18.0 Å². The molecular formula is C26H34ClN3O6S. The van der Waals surface area contributed by atoms with E-state index in [0.717, 1.165) is 16.3 Å². The van der Waals surface area contributed by atoms with Crippen LogP contribution in [0.2, 0.25) is 5.02 Å². The van der Waals surface area contributed by atoms with Gasteiger partial charge >= 0.3 is 0 Å². The van der Waals surface area contributed by atoms with Gasteiger partial charge in [-0.2, -0.15) is 0 Å². The van der Waals surface area contributed by atoms with Crippen molar-refractivity contribution in [3.63, 3.8) is 0 Å². The summed E-state index contributed by atoms with van der Waals surface area (Å²) in [6.45, 7) is 6.87. The third-order valence-electron chi connectivity index (χ3n) is 6.28. The van der Waals surface area contributed by atoms with E-state index in [-0.39, 0.29) is 36.7 Å². The van der Waals surface area contributed by atoms with Crippen LogP contribution in [0.4, 0.5) is 5.69 Å². The summed E-state index contributed by atoms with van der Waals surface area (Å²) in [4.78, 5) is 28.4. The van der Waals surface area contributed by atoms with Crippen LogP contribution in [0.1, 0.15) is 46.1 Å². The van der Waals surface area contributed by atoms with Gasteiger partial charge in [-0.25, -0.2) is 8.42 Å². The van der Waals surface area contributed by atoms with Gasteiger partial charge in [0.1, 0.15) is 12.6 Å². The Labute approximate surface area is 223 Å². The Morgan fingerprint density at radius 3 is 2.32 bits per heavy atom. The van der Waals surface area contributed by atoms with E-state index in [2.05, 4.69) is 5.32 Å². The summed E-state index contributed by atoms with van der Waals surface area (Å²) in [5.74, 6) is -0.0972. The van der Waals surface area contributed by atoms with Crippen molar-refractivity contribution in [1.82, 2.24) is 10.2 Å². The van der Waals surface area contributed by atoms with Crippen molar-refractivity contribution < 1.29 is 27.5 Å². The van der Waals surface area contributed by atoms with Gasteiger partial charge in [0.25, 0.3) is 0 Å². The molecule has 0 radical (unpaired) electrons. The number of halogens is 1. The van der Waals surface area contributed by atoms with Crippen molar-refractivity contribution in [2.75, 3.05) is 23.4 Å². The third kappa shape index (κ3) is 7.07. The molecule has 2 aromatic carbocycles. The van der Waals surface area contributed by atoms with Gasteiger partial charge in [-0.3, -0.25) is 13.9 Å². The molecule has 3 rings (SSSR count). The number of carbonyl (C=O) groups excluding carboxylic acids is 2. The van der Waals surface area contributed by atoms with E-state index < -0.39 is 28.5 Å². The van der Waals surface area contributed by atoms with Gasteiger partial charge in [0.05, 0.1) is 11.4 Å².